The summed E-state index contributed by atoms with van der Waals surface area (Å²) in [5, 5.41) is 6.44. The topological polar surface area (TPSA) is 36.4 Å². The molecule has 1 aromatic carbocycles. The Bertz CT molecular complexity index is 422. The van der Waals surface area contributed by atoms with Crippen molar-refractivity contribution in [3.8, 4) is 0 Å². The first-order valence-electron chi connectivity index (χ1n) is 7.39. The summed E-state index contributed by atoms with van der Waals surface area (Å²) in [6, 6.07) is 6.89. The summed E-state index contributed by atoms with van der Waals surface area (Å²) in [5.41, 5.74) is 0.734. The first-order chi connectivity index (χ1) is 9.63. The van der Waals surface area contributed by atoms with Gasteiger partial charge in [-0.1, -0.05) is 32.0 Å². The van der Waals surface area contributed by atoms with Crippen LogP contribution in [0.25, 0.3) is 0 Å². The minimum absolute atomic E-state index is 0. The van der Waals surface area contributed by atoms with Crippen molar-refractivity contribution in [1.29, 1.82) is 0 Å². The van der Waals surface area contributed by atoms with Gasteiger partial charge < -0.3 is 10.6 Å². The molecule has 1 rings (SSSR count). The average molecular weight is 407 g/mol. The van der Waals surface area contributed by atoms with E-state index in [9.17, 15) is 4.39 Å². The standard InChI is InChI=1S/C16H26FN3.HI/c1-4-18-16(19-11-9-13(2)3)20-12-10-14-7-5-6-8-15(14)17;/h5-8,13H,4,9-12H2,1-3H3,(H2,18,19,20);1H. The van der Waals surface area contributed by atoms with Crippen molar-refractivity contribution < 1.29 is 4.39 Å². The molecule has 0 spiro atoms. The van der Waals surface area contributed by atoms with Crippen molar-refractivity contribution in [2.75, 3.05) is 19.6 Å². The van der Waals surface area contributed by atoms with E-state index in [0.717, 1.165) is 31.0 Å². The molecule has 0 heterocycles. The SMILES string of the molecule is CCNC(=NCCC(C)C)NCCc1ccccc1F.I. The zero-order chi connectivity index (χ0) is 14.8. The van der Waals surface area contributed by atoms with E-state index in [1.165, 1.54) is 6.07 Å². The second-order valence-corrected chi connectivity index (χ2v) is 5.21. The lowest BCUT2D eigenvalue weighted by molar-refractivity contribution is 0.593. The van der Waals surface area contributed by atoms with E-state index in [2.05, 4.69) is 29.5 Å². The highest BCUT2D eigenvalue weighted by atomic mass is 127. The average Bonchev–Trinajstić information content (AvgIpc) is 2.40. The number of guanidine groups is 1. The molecule has 0 aromatic heterocycles. The highest BCUT2D eigenvalue weighted by molar-refractivity contribution is 14.0. The summed E-state index contributed by atoms with van der Waals surface area (Å²) < 4.78 is 13.5. The summed E-state index contributed by atoms with van der Waals surface area (Å²) in [5.74, 6) is 1.32. The Labute approximate surface area is 144 Å². The van der Waals surface area contributed by atoms with Gasteiger partial charge in [-0.05, 0) is 37.3 Å². The smallest absolute Gasteiger partial charge is 0.191 e. The highest BCUT2D eigenvalue weighted by Gasteiger charge is 2.02. The number of rotatable bonds is 7. The summed E-state index contributed by atoms with van der Waals surface area (Å²) >= 11 is 0. The second-order valence-electron chi connectivity index (χ2n) is 5.21. The lowest BCUT2D eigenvalue weighted by atomic mass is 10.1. The van der Waals surface area contributed by atoms with Crippen molar-refractivity contribution >= 4 is 29.9 Å². The lowest BCUT2D eigenvalue weighted by Crippen LogP contribution is -2.38. The Hall–Kier alpha value is -0.850. The molecule has 1 aromatic rings. The molecule has 0 aliphatic heterocycles. The molecule has 0 radical (unpaired) electrons. The number of aliphatic imine (C=N–C) groups is 1. The van der Waals surface area contributed by atoms with Crippen LogP contribution in [-0.4, -0.2) is 25.6 Å². The van der Waals surface area contributed by atoms with Crippen molar-refractivity contribution in [2.24, 2.45) is 10.9 Å². The normalized spacial score (nSPS) is 11.2. The molecule has 21 heavy (non-hydrogen) atoms. The van der Waals surface area contributed by atoms with Crippen LogP contribution in [-0.2, 0) is 6.42 Å². The fourth-order valence-electron chi connectivity index (χ4n) is 1.79. The highest BCUT2D eigenvalue weighted by Crippen LogP contribution is 2.06. The van der Waals surface area contributed by atoms with Crippen molar-refractivity contribution in [3.05, 3.63) is 35.6 Å². The Morgan fingerprint density at radius 3 is 2.57 bits per heavy atom. The van der Waals surface area contributed by atoms with E-state index in [4.69, 9.17) is 0 Å². The second kappa shape index (κ2) is 11.8. The van der Waals surface area contributed by atoms with Gasteiger partial charge in [-0.25, -0.2) is 4.39 Å². The Balaban J connectivity index is 0.00000400. The van der Waals surface area contributed by atoms with Crippen LogP contribution in [0.15, 0.2) is 29.3 Å². The maximum atomic E-state index is 13.5. The predicted octanol–water partition coefficient (Wildman–Crippen LogP) is 3.59. The maximum absolute atomic E-state index is 13.5. The minimum Gasteiger partial charge on any atom is -0.357 e. The molecule has 3 nitrogen and oxygen atoms in total. The van der Waals surface area contributed by atoms with Gasteiger partial charge in [0.2, 0.25) is 0 Å². The summed E-state index contributed by atoms with van der Waals surface area (Å²) in [6.07, 6.45) is 1.73. The van der Waals surface area contributed by atoms with Gasteiger partial charge in [0.15, 0.2) is 5.96 Å². The molecule has 5 heteroatoms. The molecule has 0 aliphatic carbocycles. The van der Waals surface area contributed by atoms with Crippen LogP contribution in [0.3, 0.4) is 0 Å². The third-order valence-corrected chi connectivity index (χ3v) is 2.97. The molecule has 0 saturated carbocycles. The third-order valence-electron chi connectivity index (χ3n) is 2.97. The van der Waals surface area contributed by atoms with Gasteiger partial charge in [0, 0.05) is 19.6 Å². The lowest BCUT2D eigenvalue weighted by Gasteiger charge is -2.12. The van der Waals surface area contributed by atoms with Gasteiger partial charge >= 0.3 is 0 Å². The van der Waals surface area contributed by atoms with Gasteiger partial charge in [0.25, 0.3) is 0 Å². The summed E-state index contributed by atoms with van der Waals surface area (Å²) in [4.78, 5) is 4.51. The van der Waals surface area contributed by atoms with E-state index in [0.29, 0.717) is 18.9 Å². The van der Waals surface area contributed by atoms with E-state index >= 15 is 0 Å². The Kier molecular flexibility index (Phi) is 11.3. The van der Waals surface area contributed by atoms with Gasteiger partial charge in [-0.3, -0.25) is 4.99 Å². The molecule has 0 aliphatic rings. The molecule has 0 atom stereocenters. The van der Waals surface area contributed by atoms with Crippen LogP contribution in [0, 0.1) is 11.7 Å². The fourth-order valence-corrected chi connectivity index (χ4v) is 1.79. The molecule has 0 saturated heterocycles. The molecular weight excluding hydrogens is 380 g/mol. The van der Waals surface area contributed by atoms with E-state index in [-0.39, 0.29) is 29.8 Å². The molecule has 0 fully saturated rings. The molecule has 120 valence electrons. The minimum atomic E-state index is -0.143. The van der Waals surface area contributed by atoms with Gasteiger partial charge in [0.05, 0.1) is 0 Å². The monoisotopic (exact) mass is 407 g/mol. The van der Waals surface area contributed by atoms with Crippen LogP contribution in [0.4, 0.5) is 4.39 Å². The molecule has 0 bridgehead atoms. The van der Waals surface area contributed by atoms with Crippen LogP contribution in [0.2, 0.25) is 0 Å². The van der Waals surface area contributed by atoms with Crippen molar-refractivity contribution in [3.63, 3.8) is 0 Å². The quantitative estimate of drug-likeness (QED) is 0.412. The molecule has 0 amide bonds. The molecule has 0 unspecified atom stereocenters. The Morgan fingerprint density at radius 2 is 1.95 bits per heavy atom. The number of benzene rings is 1. The number of nitrogens with one attached hydrogen (secondary N) is 2. The van der Waals surface area contributed by atoms with Crippen molar-refractivity contribution in [1.82, 2.24) is 10.6 Å². The maximum Gasteiger partial charge on any atom is 0.191 e. The first-order valence-corrected chi connectivity index (χ1v) is 7.39. The van der Waals surface area contributed by atoms with E-state index < -0.39 is 0 Å². The predicted molar refractivity (Wildman–Crippen MR) is 99.0 cm³/mol. The summed E-state index contributed by atoms with van der Waals surface area (Å²) in [7, 11) is 0. The summed E-state index contributed by atoms with van der Waals surface area (Å²) in [6.45, 7) is 8.73. The van der Waals surface area contributed by atoms with Crippen molar-refractivity contribution in [2.45, 2.75) is 33.6 Å². The third kappa shape index (κ3) is 8.90. The number of hydrogen-bond donors (Lipinski definition) is 2. The van der Waals surface area contributed by atoms with Crippen LogP contribution in [0.5, 0.6) is 0 Å². The van der Waals surface area contributed by atoms with Crippen LogP contribution in [0.1, 0.15) is 32.8 Å². The number of hydrogen-bond acceptors (Lipinski definition) is 1. The molecular formula is C16H27FIN3. The Morgan fingerprint density at radius 1 is 1.24 bits per heavy atom. The first kappa shape index (κ1) is 20.1. The van der Waals surface area contributed by atoms with Crippen LogP contribution >= 0.6 is 24.0 Å². The zero-order valence-corrected chi connectivity index (χ0v) is 15.5. The van der Waals surface area contributed by atoms with E-state index in [1.54, 1.807) is 6.07 Å². The molecule has 2 N–H and O–H groups in total. The zero-order valence-electron chi connectivity index (χ0n) is 13.2. The fraction of sp³-hybridized carbons (Fsp3) is 0.562. The van der Waals surface area contributed by atoms with Gasteiger partial charge in [0.1, 0.15) is 5.82 Å². The van der Waals surface area contributed by atoms with E-state index in [1.807, 2.05) is 19.1 Å². The van der Waals surface area contributed by atoms with Gasteiger partial charge in [-0.2, -0.15) is 0 Å². The van der Waals surface area contributed by atoms with Gasteiger partial charge in [-0.15, -0.1) is 24.0 Å². The van der Waals surface area contributed by atoms with Crippen LogP contribution < -0.4 is 10.6 Å². The number of nitrogens with zero attached hydrogens (tertiary/aromatic N) is 1. The number of halogens is 2. The largest absolute Gasteiger partial charge is 0.357 e.